The summed E-state index contributed by atoms with van der Waals surface area (Å²) in [5.41, 5.74) is 2.45. The maximum Gasteiger partial charge on any atom is 0.410 e. The van der Waals surface area contributed by atoms with Crippen LogP contribution in [-0.2, 0) is 17.7 Å². The van der Waals surface area contributed by atoms with E-state index in [2.05, 4.69) is 5.10 Å². The molecule has 128 valence electrons. The van der Waals surface area contributed by atoms with E-state index in [9.17, 15) is 4.79 Å². The van der Waals surface area contributed by atoms with Gasteiger partial charge in [0.25, 0.3) is 0 Å². The van der Waals surface area contributed by atoms with Gasteiger partial charge in [0.05, 0.1) is 34.2 Å². The average molecular weight is 368 g/mol. The molecule has 7 heteroatoms. The van der Waals surface area contributed by atoms with Crippen molar-refractivity contribution in [1.82, 2.24) is 14.7 Å². The molecule has 0 radical (unpaired) electrons. The van der Waals surface area contributed by atoms with Crippen LogP contribution in [0.25, 0.3) is 5.69 Å². The third-order valence-electron chi connectivity index (χ3n) is 3.73. The van der Waals surface area contributed by atoms with E-state index in [0.717, 1.165) is 16.9 Å². The lowest BCUT2D eigenvalue weighted by Crippen LogP contribution is -2.40. The fourth-order valence-electron chi connectivity index (χ4n) is 2.65. The first-order valence-electron chi connectivity index (χ1n) is 7.74. The summed E-state index contributed by atoms with van der Waals surface area (Å²) in [4.78, 5) is 13.9. The number of carbonyl (C=O) groups excluding carboxylic acids is 1. The Labute approximate surface area is 151 Å². The normalized spacial score (nSPS) is 14.5. The number of nitrogens with zero attached hydrogens (tertiary/aromatic N) is 3. The number of benzene rings is 1. The van der Waals surface area contributed by atoms with Gasteiger partial charge in [0.1, 0.15) is 5.60 Å². The molecule has 3 rings (SSSR count). The molecule has 0 saturated carbocycles. The fourth-order valence-corrected chi connectivity index (χ4v) is 2.95. The van der Waals surface area contributed by atoms with Crippen molar-refractivity contribution in [2.45, 2.75) is 39.3 Å². The Hall–Kier alpha value is -1.72. The maximum absolute atomic E-state index is 12.2. The molecule has 2 heterocycles. The Morgan fingerprint density at radius 3 is 2.67 bits per heavy atom. The molecule has 1 aliphatic rings. The zero-order valence-corrected chi connectivity index (χ0v) is 15.4. The van der Waals surface area contributed by atoms with Gasteiger partial charge in [-0.3, -0.25) is 0 Å². The summed E-state index contributed by atoms with van der Waals surface area (Å²) in [6.07, 6.45) is 2.19. The second-order valence-corrected chi connectivity index (χ2v) is 7.59. The van der Waals surface area contributed by atoms with E-state index in [-0.39, 0.29) is 6.09 Å². The van der Waals surface area contributed by atoms with E-state index < -0.39 is 5.60 Å². The summed E-state index contributed by atoms with van der Waals surface area (Å²) in [7, 11) is 0. The van der Waals surface area contributed by atoms with Crippen LogP contribution in [0, 0.1) is 0 Å². The number of aromatic nitrogens is 2. The number of amides is 1. The molecule has 0 spiro atoms. The summed E-state index contributed by atoms with van der Waals surface area (Å²) in [5, 5.41) is 5.45. The number of fused-ring (bicyclic) bond motifs is 1. The summed E-state index contributed by atoms with van der Waals surface area (Å²) in [6.45, 7) is 6.67. The number of hydrogen-bond donors (Lipinski definition) is 0. The molecule has 0 N–H and O–H groups in total. The molecule has 5 nitrogen and oxygen atoms in total. The van der Waals surface area contributed by atoms with Gasteiger partial charge in [-0.15, -0.1) is 0 Å². The van der Waals surface area contributed by atoms with Crippen LogP contribution >= 0.6 is 23.2 Å². The minimum absolute atomic E-state index is 0.296. The van der Waals surface area contributed by atoms with Gasteiger partial charge in [-0.2, -0.15) is 5.10 Å². The SMILES string of the molecule is CC(C)(C)OC(=O)N1CCc2c(cnn2-c2ccc(Cl)c(Cl)c2)C1. The molecule has 1 amide bonds. The number of ether oxygens (including phenoxy) is 1. The van der Waals surface area contributed by atoms with Gasteiger partial charge in [-0.05, 0) is 39.0 Å². The zero-order valence-electron chi connectivity index (χ0n) is 13.8. The zero-order chi connectivity index (χ0) is 17.5. The van der Waals surface area contributed by atoms with Gasteiger partial charge < -0.3 is 9.64 Å². The van der Waals surface area contributed by atoms with Crippen LogP contribution in [-0.4, -0.2) is 32.9 Å². The van der Waals surface area contributed by atoms with Crippen molar-refractivity contribution >= 4 is 29.3 Å². The lowest BCUT2D eigenvalue weighted by molar-refractivity contribution is 0.0223. The highest BCUT2D eigenvalue weighted by molar-refractivity contribution is 6.42. The minimum atomic E-state index is -0.498. The van der Waals surface area contributed by atoms with Gasteiger partial charge in [-0.1, -0.05) is 23.2 Å². The molecule has 0 bridgehead atoms. The number of rotatable bonds is 1. The van der Waals surface area contributed by atoms with Crippen molar-refractivity contribution in [2.75, 3.05) is 6.54 Å². The molecule has 1 aliphatic heterocycles. The Bertz CT molecular complexity index is 781. The van der Waals surface area contributed by atoms with E-state index in [1.165, 1.54) is 0 Å². The summed E-state index contributed by atoms with van der Waals surface area (Å²) in [5.74, 6) is 0. The molecular formula is C17H19Cl2N3O2. The lowest BCUT2D eigenvalue weighted by atomic mass is 10.1. The maximum atomic E-state index is 12.2. The third-order valence-corrected chi connectivity index (χ3v) is 4.47. The van der Waals surface area contributed by atoms with Crippen molar-refractivity contribution < 1.29 is 9.53 Å². The van der Waals surface area contributed by atoms with E-state index in [0.29, 0.717) is 29.6 Å². The molecule has 0 fully saturated rings. The van der Waals surface area contributed by atoms with Crippen LogP contribution in [0.3, 0.4) is 0 Å². The van der Waals surface area contributed by atoms with Crippen LogP contribution in [0.2, 0.25) is 10.0 Å². The summed E-state index contributed by atoms with van der Waals surface area (Å²) in [6, 6.07) is 5.42. The highest BCUT2D eigenvalue weighted by atomic mass is 35.5. The van der Waals surface area contributed by atoms with Gasteiger partial charge in [-0.25, -0.2) is 9.48 Å². The molecule has 0 aliphatic carbocycles. The fraction of sp³-hybridized carbons (Fsp3) is 0.412. The van der Waals surface area contributed by atoms with Crippen LogP contribution in [0.1, 0.15) is 32.0 Å². The minimum Gasteiger partial charge on any atom is -0.444 e. The predicted octanol–water partition coefficient (Wildman–Crippen LogP) is 4.47. The molecule has 1 aromatic carbocycles. The van der Waals surface area contributed by atoms with Crippen LogP contribution < -0.4 is 0 Å². The Kier molecular flexibility index (Phi) is 4.49. The number of carbonyl (C=O) groups is 1. The average Bonchev–Trinajstić information content (AvgIpc) is 2.91. The topological polar surface area (TPSA) is 47.4 Å². The number of hydrogen-bond acceptors (Lipinski definition) is 3. The molecule has 1 aromatic heterocycles. The predicted molar refractivity (Wildman–Crippen MR) is 93.9 cm³/mol. The first-order valence-corrected chi connectivity index (χ1v) is 8.49. The summed E-state index contributed by atoms with van der Waals surface area (Å²) >= 11 is 12.1. The molecule has 0 saturated heterocycles. The highest BCUT2D eigenvalue weighted by Gasteiger charge is 2.28. The smallest absolute Gasteiger partial charge is 0.410 e. The van der Waals surface area contributed by atoms with Crippen LogP contribution in [0.15, 0.2) is 24.4 Å². The van der Waals surface area contributed by atoms with Crippen molar-refractivity contribution in [3.8, 4) is 5.69 Å². The third kappa shape index (κ3) is 3.52. The molecule has 0 atom stereocenters. The Morgan fingerprint density at radius 1 is 1.25 bits per heavy atom. The second-order valence-electron chi connectivity index (χ2n) is 6.78. The van der Waals surface area contributed by atoms with Crippen LogP contribution in [0.4, 0.5) is 4.79 Å². The van der Waals surface area contributed by atoms with E-state index in [1.807, 2.05) is 31.5 Å². The van der Waals surface area contributed by atoms with Crippen LogP contribution in [0.5, 0.6) is 0 Å². The molecule has 24 heavy (non-hydrogen) atoms. The quantitative estimate of drug-likeness (QED) is 0.746. The van der Waals surface area contributed by atoms with E-state index in [1.54, 1.807) is 23.2 Å². The second kappa shape index (κ2) is 6.30. The molecular weight excluding hydrogens is 349 g/mol. The molecule has 2 aromatic rings. The van der Waals surface area contributed by atoms with E-state index in [4.69, 9.17) is 27.9 Å². The van der Waals surface area contributed by atoms with Crippen molar-refractivity contribution in [3.63, 3.8) is 0 Å². The highest BCUT2D eigenvalue weighted by Crippen LogP contribution is 2.27. The first-order chi connectivity index (χ1) is 11.2. The van der Waals surface area contributed by atoms with Crippen molar-refractivity contribution in [1.29, 1.82) is 0 Å². The summed E-state index contributed by atoms with van der Waals surface area (Å²) < 4.78 is 7.29. The molecule has 0 unspecified atom stereocenters. The van der Waals surface area contributed by atoms with Crippen molar-refractivity contribution in [3.05, 3.63) is 45.7 Å². The monoisotopic (exact) mass is 367 g/mol. The lowest BCUT2D eigenvalue weighted by Gasteiger charge is -2.30. The van der Waals surface area contributed by atoms with Gasteiger partial charge in [0.15, 0.2) is 0 Å². The Morgan fingerprint density at radius 2 is 2.00 bits per heavy atom. The van der Waals surface area contributed by atoms with Crippen molar-refractivity contribution in [2.24, 2.45) is 0 Å². The first kappa shape index (κ1) is 17.1. The Balaban J connectivity index is 1.82. The largest absolute Gasteiger partial charge is 0.444 e. The standard InChI is InChI=1S/C17H19Cl2N3O2/c1-17(2,3)24-16(23)21-7-6-15-11(10-21)9-20-22(15)12-4-5-13(18)14(19)8-12/h4-5,8-9H,6-7,10H2,1-3H3. The van der Waals surface area contributed by atoms with E-state index >= 15 is 0 Å². The number of halogens is 2. The van der Waals surface area contributed by atoms with Gasteiger partial charge >= 0.3 is 6.09 Å². The van der Waals surface area contributed by atoms with Gasteiger partial charge in [0.2, 0.25) is 0 Å². The van der Waals surface area contributed by atoms with Gasteiger partial charge in [0, 0.05) is 18.5 Å².